The van der Waals surface area contributed by atoms with Crippen molar-refractivity contribution < 1.29 is 9.59 Å². The maximum Gasteiger partial charge on any atom is 0.257 e. The van der Waals surface area contributed by atoms with Crippen LogP contribution in [0.5, 0.6) is 0 Å². The van der Waals surface area contributed by atoms with Crippen LogP contribution in [0.4, 0.5) is 11.4 Å². The summed E-state index contributed by atoms with van der Waals surface area (Å²) in [5.74, 6) is -0.303. The highest BCUT2D eigenvalue weighted by molar-refractivity contribution is 6.04. The number of amides is 2. The van der Waals surface area contributed by atoms with E-state index in [0.29, 0.717) is 23.4 Å². The van der Waals surface area contributed by atoms with Crippen LogP contribution >= 0.6 is 0 Å². The Balaban J connectivity index is 2.08. The van der Waals surface area contributed by atoms with Crippen molar-refractivity contribution in [3.05, 3.63) is 53.9 Å². The van der Waals surface area contributed by atoms with Gasteiger partial charge >= 0.3 is 0 Å². The van der Waals surface area contributed by atoms with Crippen LogP contribution in [0.25, 0.3) is 0 Å². The number of nitrogens with one attached hydrogen (secondary N) is 2. The molecule has 0 saturated heterocycles. The fraction of sp³-hybridized carbons (Fsp3) is 0.188. The van der Waals surface area contributed by atoms with Crippen LogP contribution < -0.4 is 10.6 Å². The Morgan fingerprint density at radius 2 is 1.81 bits per heavy atom. The third-order valence-corrected chi connectivity index (χ3v) is 2.90. The number of nitrogens with zero attached hydrogens (tertiary/aromatic N) is 1. The average molecular weight is 283 g/mol. The van der Waals surface area contributed by atoms with Gasteiger partial charge in [-0.15, -0.1) is 0 Å². The van der Waals surface area contributed by atoms with Crippen molar-refractivity contribution in [3.8, 4) is 0 Å². The molecule has 108 valence electrons. The molecule has 1 aromatic heterocycles. The molecule has 0 aliphatic rings. The van der Waals surface area contributed by atoms with Gasteiger partial charge in [-0.3, -0.25) is 14.6 Å². The molecule has 21 heavy (non-hydrogen) atoms. The van der Waals surface area contributed by atoms with Gasteiger partial charge in [0.1, 0.15) is 0 Å². The molecule has 2 amide bonds. The van der Waals surface area contributed by atoms with Crippen molar-refractivity contribution in [1.82, 2.24) is 4.98 Å². The van der Waals surface area contributed by atoms with Crippen LogP contribution in [-0.2, 0) is 4.79 Å². The smallest absolute Gasteiger partial charge is 0.257 e. The Morgan fingerprint density at radius 3 is 2.43 bits per heavy atom. The van der Waals surface area contributed by atoms with Gasteiger partial charge in [-0.2, -0.15) is 0 Å². The maximum atomic E-state index is 12.1. The van der Waals surface area contributed by atoms with Gasteiger partial charge in [0.25, 0.3) is 5.91 Å². The number of hydrogen-bond acceptors (Lipinski definition) is 3. The molecule has 1 heterocycles. The molecule has 0 spiro atoms. The Bertz CT molecular complexity index is 651. The lowest BCUT2D eigenvalue weighted by atomic mass is 10.2. The molecule has 0 bridgehead atoms. The lowest BCUT2D eigenvalue weighted by molar-refractivity contribution is -0.115. The van der Waals surface area contributed by atoms with Crippen molar-refractivity contribution >= 4 is 23.2 Å². The van der Waals surface area contributed by atoms with Crippen molar-refractivity contribution in [3.63, 3.8) is 0 Å². The second-order valence-electron chi connectivity index (χ2n) is 4.62. The van der Waals surface area contributed by atoms with Crippen molar-refractivity contribution in [2.75, 3.05) is 10.6 Å². The maximum absolute atomic E-state index is 12.1. The summed E-state index contributed by atoms with van der Waals surface area (Å²) in [6.07, 6.45) is 1.94. The molecule has 2 rings (SSSR count). The largest absolute Gasteiger partial charge is 0.326 e. The van der Waals surface area contributed by atoms with E-state index in [1.54, 1.807) is 43.3 Å². The molecule has 0 unspecified atom stereocenters. The van der Waals surface area contributed by atoms with E-state index in [1.807, 2.05) is 6.92 Å². The molecule has 0 saturated carbocycles. The van der Waals surface area contributed by atoms with Gasteiger partial charge in [0.2, 0.25) is 5.91 Å². The molecule has 0 aliphatic heterocycles. The number of anilines is 2. The average Bonchev–Trinajstić information content (AvgIpc) is 2.48. The summed E-state index contributed by atoms with van der Waals surface area (Å²) in [4.78, 5) is 27.5. The van der Waals surface area contributed by atoms with Gasteiger partial charge in [0.15, 0.2) is 0 Å². The van der Waals surface area contributed by atoms with Crippen LogP contribution in [0, 0.1) is 6.92 Å². The summed E-state index contributed by atoms with van der Waals surface area (Å²) in [5, 5.41) is 5.53. The van der Waals surface area contributed by atoms with Crippen molar-refractivity contribution in [1.29, 1.82) is 0 Å². The molecule has 0 radical (unpaired) electrons. The van der Waals surface area contributed by atoms with E-state index >= 15 is 0 Å². The van der Waals surface area contributed by atoms with Crippen LogP contribution in [0.15, 0.2) is 42.6 Å². The molecular weight excluding hydrogens is 266 g/mol. The Kier molecular flexibility index (Phi) is 4.66. The number of benzene rings is 1. The van der Waals surface area contributed by atoms with E-state index in [2.05, 4.69) is 15.6 Å². The lowest BCUT2D eigenvalue weighted by Gasteiger charge is -2.08. The highest BCUT2D eigenvalue weighted by Gasteiger charge is 2.07. The minimum absolute atomic E-state index is 0.0683. The Hall–Kier alpha value is -2.69. The Labute approximate surface area is 123 Å². The highest BCUT2D eigenvalue weighted by atomic mass is 16.2. The third kappa shape index (κ3) is 4.14. The molecule has 0 atom stereocenters. The van der Waals surface area contributed by atoms with Crippen molar-refractivity contribution in [2.45, 2.75) is 20.3 Å². The summed E-state index contributed by atoms with van der Waals surface area (Å²) in [6, 6.07) is 10.5. The van der Waals surface area contributed by atoms with Crippen LogP contribution in [0.1, 0.15) is 29.4 Å². The van der Waals surface area contributed by atoms with Gasteiger partial charge in [0.05, 0.1) is 5.56 Å². The summed E-state index contributed by atoms with van der Waals surface area (Å²) in [7, 11) is 0. The summed E-state index contributed by atoms with van der Waals surface area (Å²) < 4.78 is 0. The van der Waals surface area contributed by atoms with Crippen LogP contribution in [-0.4, -0.2) is 16.8 Å². The van der Waals surface area contributed by atoms with Gasteiger partial charge in [0, 0.05) is 29.7 Å². The van der Waals surface area contributed by atoms with E-state index < -0.39 is 0 Å². The first-order valence-corrected chi connectivity index (χ1v) is 6.72. The number of rotatable bonds is 4. The van der Waals surface area contributed by atoms with E-state index in [9.17, 15) is 9.59 Å². The molecule has 0 aliphatic carbocycles. The number of hydrogen-bond donors (Lipinski definition) is 2. The second kappa shape index (κ2) is 6.65. The summed E-state index contributed by atoms with van der Waals surface area (Å²) in [5.41, 5.74) is 2.62. The predicted molar refractivity (Wildman–Crippen MR) is 82.3 cm³/mol. The third-order valence-electron chi connectivity index (χ3n) is 2.90. The molecule has 2 N–H and O–H groups in total. The van der Waals surface area contributed by atoms with E-state index in [0.717, 1.165) is 5.69 Å². The van der Waals surface area contributed by atoms with E-state index in [-0.39, 0.29) is 11.8 Å². The van der Waals surface area contributed by atoms with E-state index in [1.165, 1.54) is 6.20 Å². The number of carbonyl (C=O) groups excluding carboxylic acids is 2. The van der Waals surface area contributed by atoms with Crippen LogP contribution in [0.2, 0.25) is 0 Å². The summed E-state index contributed by atoms with van der Waals surface area (Å²) in [6.45, 7) is 3.65. The van der Waals surface area contributed by atoms with Crippen molar-refractivity contribution in [2.24, 2.45) is 0 Å². The lowest BCUT2D eigenvalue weighted by Crippen LogP contribution is -2.13. The first-order valence-electron chi connectivity index (χ1n) is 6.72. The zero-order chi connectivity index (χ0) is 15.2. The minimum Gasteiger partial charge on any atom is -0.326 e. The zero-order valence-corrected chi connectivity index (χ0v) is 12.0. The Morgan fingerprint density at radius 1 is 1.10 bits per heavy atom. The quantitative estimate of drug-likeness (QED) is 0.906. The molecule has 0 fully saturated rings. The SMILES string of the molecule is CCC(=O)Nc1cccc(NC(=O)c2ccc(C)nc2)c1. The van der Waals surface area contributed by atoms with Gasteiger partial charge in [-0.1, -0.05) is 13.0 Å². The zero-order valence-electron chi connectivity index (χ0n) is 12.0. The number of aryl methyl sites for hydroxylation is 1. The molecule has 5 heteroatoms. The first kappa shape index (κ1) is 14.7. The number of pyridine rings is 1. The number of aromatic nitrogens is 1. The highest BCUT2D eigenvalue weighted by Crippen LogP contribution is 2.16. The fourth-order valence-electron chi connectivity index (χ4n) is 1.73. The second-order valence-corrected chi connectivity index (χ2v) is 4.62. The predicted octanol–water partition coefficient (Wildman–Crippen LogP) is 2.99. The normalized spacial score (nSPS) is 10.0. The number of carbonyl (C=O) groups is 2. The molecule has 5 nitrogen and oxygen atoms in total. The molecule has 1 aromatic carbocycles. The van der Waals surface area contributed by atoms with Gasteiger partial charge < -0.3 is 10.6 Å². The topological polar surface area (TPSA) is 71.1 Å². The molecule has 2 aromatic rings. The first-order chi connectivity index (χ1) is 10.1. The monoisotopic (exact) mass is 283 g/mol. The van der Waals surface area contributed by atoms with Crippen LogP contribution in [0.3, 0.4) is 0 Å². The fourth-order valence-corrected chi connectivity index (χ4v) is 1.73. The standard InChI is InChI=1S/C16H17N3O2/c1-3-15(20)18-13-5-4-6-14(9-13)19-16(21)12-8-7-11(2)17-10-12/h4-10H,3H2,1-2H3,(H,18,20)(H,19,21). The van der Waals surface area contributed by atoms with Gasteiger partial charge in [-0.25, -0.2) is 0 Å². The van der Waals surface area contributed by atoms with Gasteiger partial charge in [-0.05, 0) is 37.3 Å². The van der Waals surface area contributed by atoms with E-state index in [4.69, 9.17) is 0 Å². The minimum atomic E-state index is -0.235. The molecular formula is C16H17N3O2. The summed E-state index contributed by atoms with van der Waals surface area (Å²) >= 11 is 0.